The molecule has 0 amide bonds. The van der Waals surface area contributed by atoms with Crippen molar-refractivity contribution in [3.63, 3.8) is 0 Å². The summed E-state index contributed by atoms with van der Waals surface area (Å²) in [5.41, 5.74) is 14.2. The fourth-order valence-electron chi connectivity index (χ4n) is 6.51. The lowest BCUT2D eigenvalue weighted by atomic mass is 9.98. The molecule has 0 radical (unpaired) electrons. The van der Waals surface area contributed by atoms with E-state index in [9.17, 15) is 0 Å². The topological polar surface area (TPSA) is 18.5 Å². The van der Waals surface area contributed by atoms with Gasteiger partial charge in [0.25, 0.3) is 0 Å². The first-order valence-electron chi connectivity index (χ1n) is 15.4. The van der Waals surface area contributed by atoms with E-state index in [1.165, 1.54) is 55.6 Å². The van der Waals surface area contributed by atoms with Gasteiger partial charge in [-0.1, -0.05) is 162 Å². The number of ether oxygens (including phenoxy) is 2. The Balaban J connectivity index is 1.20. The van der Waals surface area contributed by atoms with Crippen molar-refractivity contribution in [1.82, 2.24) is 0 Å². The smallest absolute Gasteiger partial charge is 0.161 e. The fraction of sp³-hybridized carbons (Fsp3) is 0.0732. The van der Waals surface area contributed by atoms with Crippen molar-refractivity contribution < 1.29 is 9.47 Å². The number of rotatable bonds is 8. The molecule has 7 aromatic rings. The molecular formula is C41H32O2P2. The predicted octanol–water partition coefficient (Wildman–Crippen LogP) is 11.5. The maximum Gasteiger partial charge on any atom is 0.161 e. The van der Waals surface area contributed by atoms with Gasteiger partial charge in [0.1, 0.15) is 17.1 Å². The third-order valence-electron chi connectivity index (χ3n) is 8.62. The van der Waals surface area contributed by atoms with Crippen molar-refractivity contribution in [2.45, 2.75) is 18.6 Å². The van der Waals surface area contributed by atoms with Crippen molar-refractivity contribution >= 4 is 16.4 Å². The summed E-state index contributed by atoms with van der Waals surface area (Å²) >= 11 is 0. The zero-order chi connectivity index (χ0) is 30.0. The Bertz CT molecular complexity index is 2030. The van der Waals surface area contributed by atoms with Crippen LogP contribution in [0.15, 0.2) is 157 Å². The highest BCUT2D eigenvalue weighted by Crippen LogP contribution is 2.52. The van der Waals surface area contributed by atoms with E-state index in [-0.39, 0.29) is 12.2 Å². The van der Waals surface area contributed by atoms with Crippen molar-refractivity contribution in [1.29, 1.82) is 0 Å². The molecule has 1 aliphatic rings. The van der Waals surface area contributed by atoms with Crippen LogP contribution in [0.25, 0.3) is 44.5 Å². The number of hydrogen-bond acceptors (Lipinski definition) is 2. The quantitative estimate of drug-likeness (QED) is 0.169. The molecule has 1 aliphatic carbocycles. The molecule has 2 aromatic heterocycles. The Morgan fingerprint density at radius 3 is 1.38 bits per heavy atom. The lowest BCUT2D eigenvalue weighted by Gasteiger charge is -2.24. The van der Waals surface area contributed by atoms with Gasteiger partial charge in [-0.25, -0.2) is 0 Å². The van der Waals surface area contributed by atoms with E-state index >= 15 is 0 Å². The maximum atomic E-state index is 7.17. The molecule has 2 nitrogen and oxygen atoms in total. The zero-order valence-electron chi connectivity index (χ0n) is 24.7. The molecule has 45 heavy (non-hydrogen) atoms. The summed E-state index contributed by atoms with van der Waals surface area (Å²) in [5.74, 6) is 4.68. The average molecular weight is 619 g/mol. The highest BCUT2D eigenvalue weighted by atomic mass is 31.0. The molecule has 4 heteroatoms. The van der Waals surface area contributed by atoms with Gasteiger partial charge < -0.3 is 9.47 Å². The van der Waals surface area contributed by atoms with E-state index in [0.717, 1.165) is 17.4 Å². The molecule has 0 bridgehead atoms. The van der Waals surface area contributed by atoms with E-state index in [0.29, 0.717) is 16.4 Å². The molecule has 4 atom stereocenters. The summed E-state index contributed by atoms with van der Waals surface area (Å²) in [5, 5.41) is 0. The third-order valence-corrected chi connectivity index (χ3v) is 10.7. The van der Waals surface area contributed by atoms with E-state index in [4.69, 9.17) is 9.47 Å². The first-order valence-corrected chi connectivity index (χ1v) is 17.5. The molecule has 0 N–H and O–H groups in total. The summed E-state index contributed by atoms with van der Waals surface area (Å²) in [6.45, 7) is 0. The second kappa shape index (κ2) is 12.3. The van der Waals surface area contributed by atoms with E-state index in [1.54, 1.807) is 0 Å². The van der Waals surface area contributed by atoms with Crippen LogP contribution in [0.4, 0.5) is 0 Å². The molecule has 8 rings (SSSR count). The van der Waals surface area contributed by atoms with Crippen LogP contribution in [0.3, 0.4) is 0 Å². The molecule has 4 unspecified atom stereocenters. The monoisotopic (exact) mass is 618 g/mol. The fourth-order valence-corrected chi connectivity index (χ4v) is 8.95. The highest BCUT2D eigenvalue weighted by molar-refractivity contribution is 7.33. The van der Waals surface area contributed by atoms with Gasteiger partial charge >= 0.3 is 0 Å². The standard InChI is InChI=1S/C41H32O2P2/c1-5-15-28(16-6-1)34-26-44-40(37(34)30-19-9-3-10-20-30)42-36-25-32-23-13-14-24-33(32)39(36)43-41-38(31-21-11-4-12-22-31)35(27-45-41)29-17-7-2-8-18-29/h1-24,26-27,36,39,44-45H,25H2. The second-order valence-corrected chi connectivity index (χ2v) is 13.4. The maximum absolute atomic E-state index is 7.17. The summed E-state index contributed by atoms with van der Waals surface area (Å²) < 4.78 is 14.3. The minimum Gasteiger partial charge on any atom is -0.482 e. The van der Waals surface area contributed by atoms with Crippen LogP contribution in [-0.2, 0) is 6.42 Å². The molecule has 0 aliphatic heterocycles. The Kier molecular flexibility index (Phi) is 7.62. The Morgan fingerprint density at radius 2 is 0.867 bits per heavy atom. The van der Waals surface area contributed by atoms with E-state index in [2.05, 4.69) is 157 Å². The van der Waals surface area contributed by atoms with Gasteiger partial charge in [0, 0.05) is 17.5 Å². The van der Waals surface area contributed by atoms with Crippen molar-refractivity contribution in [3.8, 4) is 55.5 Å². The molecule has 0 fully saturated rings. The largest absolute Gasteiger partial charge is 0.482 e. The number of fused-ring (bicyclic) bond motifs is 1. The van der Waals surface area contributed by atoms with Crippen LogP contribution in [0.2, 0.25) is 0 Å². The number of benzene rings is 5. The zero-order valence-corrected chi connectivity index (χ0v) is 26.7. The van der Waals surface area contributed by atoms with Crippen LogP contribution in [0.1, 0.15) is 17.2 Å². The van der Waals surface area contributed by atoms with Crippen molar-refractivity contribution in [2.24, 2.45) is 0 Å². The van der Waals surface area contributed by atoms with E-state index in [1.807, 2.05) is 0 Å². The minimum absolute atomic E-state index is 0.137. The molecule has 0 saturated carbocycles. The molecule has 0 spiro atoms. The van der Waals surface area contributed by atoms with Crippen molar-refractivity contribution in [2.75, 3.05) is 0 Å². The summed E-state index contributed by atoms with van der Waals surface area (Å²) in [7, 11) is 0.895. The summed E-state index contributed by atoms with van der Waals surface area (Å²) in [6, 6.07) is 51.4. The lowest BCUT2D eigenvalue weighted by Crippen LogP contribution is -2.25. The Morgan fingerprint density at radius 1 is 0.444 bits per heavy atom. The summed E-state index contributed by atoms with van der Waals surface area (Å²) in [4.78, 5) is 0. The molecule has 2 heterocycles. The second-order valence-electron chi connectivity index (χ2n) is 11.4. The molecule has 0 saturated heterocycles. The lowest BCUT2D eigenvalue weighted by molar-refractivity contribution is 0.0737. The summed E-state index contributed by atoms with van der Waals surface area (Å²) in [6.07, 6.45) is 0.469. The van der Waals surface area contributed by atoms with Gasteiger partial charge in [-0.05, 0) is 56.1 Å². The number of hydrogen-bond donors (Lipinski definition) is 0. The first-order chi connectivity index (χ1) is 22.3. The SMILES string of the molecule is c1ccc(-c2c[pH]c(OC3Cc4ccccc4C3Oc3[pH]cc(-c4ccccc4)c3-c3ccccc3)c2-c2ccccc2)cc1. The highest BCUT2D eigenvalue weighted by Gasteiger charge is 2.37. The van der Waals surface area contributed by atoms with Gasteiger partial charge in [-0.3, -0.25) is 0 Å². The van der Waals surface area contributed by atoms with Crippen LogP contribution < -0.4 is 9.47 Å². The molecular weight excluding hydrogens is 586 g/mol. The van der Waals surface area contributed by atoms with Crippen molar-refractivity contribution in [3.05, 3.63) is 168 Å². The van der Waals surface area contributed by atoms with Crippen LogP contribution in [-0.4, -0.2) is 6.10 Å². The van der Waals surface area contributed by atoms with E-state index < -0.39 is 0 Å². The van der Waals surface area contributed by atoms with Gasteiger partial charge in [-0.15, -0.1) is 0 Å². The van der Waals surface area contributed by atoms with Crippen LogP contribution in [0.5, 0.6) is 11.0 Å². The average Bonchev–Trinajstić information content (AvgIpc) is 3.82. The molecule has 5 aromatic carbocycles. The first kappa shape index (κ1) is 27.8. The minimum atomic E-state index is -0.207. The molecule has 218 valence electrons. The van der Waals surface area contributed by atoms with Gasteiger partial charge in [0.2, 0.25) is 0 Å². The van der Waals surface area contributed by atoms with Gasteiger partial charge in [0.05, 0.1) is 0 Å². The normalized spacial score (nSPS) is 15.8. The van der Waals surface area contributed by atoms with Crippen LogP contribution in [0, 0.1) is 0 Å². The Labute approximate surface area is 267 Å². The van der Waals surface area contributed by atoms with Gasteiger partial charge in [-0.2, -0.15) is 0 Å². The van der Waals surface area contributed by atoms with Crippen LogP contribution >= 0.6 is 16.4 Å². The Hall–Kier alpha value is -4.74. The van der Waals surface area contributed by atoms with Gasteiger partial charge in [0.15, 0.2) is 6.10 Å². The third kappa shape index (κ3) is 5.42. The predicted molar refractivity (Wildman–Crippen MR) is 192 cm³/mol.